The van der Waals surface area contributed by atoms with Crippen molar-refractivity contribution in [3.8, 4) is 11.5 Å². The molecule has 1 atom stereocenters. The minimum absolute atomic E-state index is 0.0306. The Kier molecular flexibility index (Phi) is 8.08. The van der Waals surface area contributed by atoms with Gasteiger partial charge in [0.05, 0.1) is 20.3 Å². The molecule has 0 spiro atoms. The summed E-state index contributed by atoms with van der Waals surface area (Å²) < 4.78 is 10.6. The van der Waals surface area contributed by atoms with Crippen molar-refractivity contribution in [1.29, 1.82) is 0 Å². The summed E-state index contributed by atoms with van der Waals surface area (Å²) in [6, 6.07) is 22.1. The lowest BCUT2D eigenvalue weighted by atomic mass is 10.0. The highest BCUT2D eigenvalue weighted by molar-refractivity contribution is 6.04. The molecule has 0 saturated heterocycles. The second-order valence-corrected chi connectivity index (χ2v) is 7.85. The van der Waals surface area contributed by atoms with E-state index in [1.165, 1.54) is 0 Å². The van der Waals surface area contributed by atoms with E-state index in [4.69, 9.17) is 9.47 Å². The fraction of sp³-hybridized carbons (Fsp3) is 0.259. The van der Waals surface area contributed by atoms with Gasteiger partial charge in [0, 0.05) is 30.8 Å². The molecule has 3 aromatic carbocycles. The Morgan fingerprint density at radius 1 is 0.909 bits per heavy atom. The average Bonchev–Trinajstić information content (AvgIpc) is 2.86. The predicted molar refractivity (Wildman–Crippen MR) is 130 cm³/mol. The number of benzene rings is 3. The lowest BCUT2D eigenvalue weighted by Gasteiger charge is -2.26. The topological polar surface area (TPSA) is 67.9 Å². The van der Waals surface area contributed by atoms with Gasteiger partial charge in [-0.1, -0.05) is 30.3 Å². The van der Waals surface area contributed by atoms with Crippen molar-refractivity contribution < 1.29 is 19.1 Å². The average molecular weight is 447 g/mol. The molecule has 33 heavy (non-hydrogen) atoms. The molecule has 0 unspecified atom stereocenters. The third kappa shape index (κ3) is 6.35. The molecule has 3 aromatic rings. The van der Waals surface area contributed by atoms with E-state index < -0.39 is 0 Å². The zero-order valence-corrected chi connectivity index (χ0v) is 19.5. The van der Waals surface area contributed by atoms with Crippen LogP contribution in [0, 0.1) is 0 Å². The van der Waals surface area contributed by atoms with Crippen LogP contribution in [-0.2, 0) is 11.2 Å². The molecule has 0 aromatic heterocycles. The summed E-state index contributed by atoms with van der Waals surface area (Å²) in [6.07, 6.45) is 0.943. The van der Waals surface area contributed by atoms with Crippen molar-refractivity contribution in [2.45, 2.75) is 25.8 Å². The Hall–Kier alpha value is -3.80. The SMILES string of the molecule is COc1cc(CCC(=O)N(C)[C@H](C)c2cccc(NC(=O)c3ccccc3)c2)cc(OC)c1. The summed E-state index contributed by atoms with van der Waals surface area (Å²) in [4.78, 5) is 27.1. The summed E-state index contributed by atoms with van der Waals surface area (Å²) in [6.45, 7) is 1.98. The van der Waals surface area contributed by atoms with Gasteiger partial charge in [0.25, 0.3) is 5.91 Å². The number of methoxy groups -OCH3 is 2. The van der Waals surface area contributed by atoms with Crippen molar-refractivity contribution in [2.75, 3.05) is 26.6 Å². The van der Waals surface area contributed by atoms with Crippen molar-refractivity contribution in [2.24, 2.45) is 0 Å². The summed E-state index contributed by atoms with van der Waals surface area (Å²) in [5.74, 6) is 1.27. The highest BCUT2D eigenvalue weighted by atomic mass is 16.5. The van der Waals surface area contributed by atoms with E-state index in [-0.39, 0.29) is 17.9 Å². The van der Waals surface area contributed by atoms with Crippen LogP contribution in [-0.4, -0.2) is 38.0 Å². The lowest BCUT2D eigenvalue weighted by Crippen LogP contribution is -2.29. The molecule has 0 bridgehead atoms. The first-order chi connectivity index (χ1) is 15.9. The standard InChI is InChI=1S/C27H30N2O4/c1-19(22-11-8-12-23(17-22)28-27(31)21-9-6-5-7-10-21)29(2)26(30)14-13-20-15-24(32-3)18-25(16-20)33-4/h5-12,15-19H,13-14H2,1-4H3,(H,28,31)/t19-/m1/s1. The number of anilines is 1. The summed E-state index contributed by atoms with van der Waals surface area (Å²) in [7, 11) is 5.01. The van der Waals surface area contributed by atoms with Gasteiger partial charge in [-0.05, 0) is 60.9 Å². The van der Waals surface area contributed by atoms with Gasteiger partial charge >= 0.3 is 0 Å². The van der Waals surface area contributed by atoms with Crippen LogP contribution >= 0.6 is 0 Å². The van der Waals surface area contributed by atoms with E-state index in [0.29, 0.717) is 35.6 Å². The number of ether oxygens (including phenoxy) is 2. The molecule has 0 saturated carbocycles. The first-order valence-electron chi connectivity index (χ1n) is 10.8. The van der Waals surface area contributed by atoms with Crippen molar-refractivity contribution in [3.05, 3.63) is 89.5 Å². The Bertz CT molecular complexity index is 1080. The maximum absolute atomic E-state index is 12.9. The first-order valence-corrected chi connectivity index (χ1v) is 10.8. The highest BCUT2D eigenvalue weighted by Gasteiger charge is 2.18. The van der Waals surface area contributed by atoms with Gasteiger partial charge in [0.2, 0.25) is 5.91 Å². The zero-order valence-electron chi connectivity index (χ0n) is 19.5. The van der Waals surface area contributed by atoms with E-state index in [0.717, 1.165) is 11.1 Å². The second-order valence-electron chi connectivity index (χ2n) is 7.85. The number of carbonyl (C=O) groups is 2. The smallest absolute Gasteiger partial charge is 0.255 e. The van der Waals surface area contributed by atoms with Gasteiger partial charge in [-0.25, -0.2) is 0 Å². The molecular weight excluding hydrogens is 416 g/mol. The summed E-state index contributed by atoms with van der Waals surface area (Å²) in [5.41, 5.74) is 3.21. The van der Waals surface area contributed by atoms with Crippen LogP contribution in [0.2, 0.25) is 0 Å². The van der Waals surface area contributed by atoms with E-state index in [1.54, 1.807) is 38.3 Å². The highest BCUT2D eigenvalue weighted by Crippen LogP contribution is 2.25. The Labute approximate surface area is 195 Å². The minimum atomic E-state index is -0.168. The van der Waals surface area contributed by atoms with Gasteiger partial charge in [0.15, 0.2) is 0 Å². The number of nitrogens with one attached hydrogen (secondary N) is 1. The molecule has 6 nitrogen and oxygen atoms in total. The quantitative estimate of drug-likeness (QED) is 0.496. The monoisotopic (exact) mass is 446 g/mol. The maximum atomic E-state index is 12.9. The van der Waals surface area contributed by atoms with Crippen LogP contribution < -0.4 is 14.8 Å². The van der Waals surface area contributed by atoms with Crippen LogP contribution in [0.3, 0.4) is 0 Å². The molecular formula is C27H30N2O4. The van der Waals surface area contributed by atoms with Crippen molar-refractivity contribution >= 4 is 17.5 Å². The lowest BCUT2D eigenvalue weighted by molar-refractivity contribution is -0.131. The number of rotatable bonds is 9. The molecule has 0 fully saturated rings. The summed E-state index contributed by atoms with van der Waals surface area (Å²) >= 11 is 0. The number of aryl methyl sites for hydroxylation is 1. The predicted octanol–water partition coefficient (Wildman–Crippen LogP) is 5.11. The number of nitrogens with zero attached hydrogens (tertiary/aromatic N) is 1. The van der Waals surface area contributed by atoms with E-state index in [1.807, 2.05) is 67.6 Å². The molecule has 3 rings (SSSR count). The Morgan fingerprint density at radius 3 is 2.21 bits per heavy atom. The van der Waals surface area contributed by atoms with E-state index in [9.17, 15) is 9.59 Å². The molecule has 0 aliphatic rings. The fourth-order valence-corrected chi connectivity index (χ4v) is 3.55. The first kappa shape index (κ1) is 23.9. The normalized spacial score (nSPS) is 11.4. The number of amides is 2. The largest absolute Gasteiger partial charge is 0.497 e. The van der Waals surface area contributed by atoms with Crippen LogP contribution in [0.5, 0.6) is 11.5 Å². The molecule has 2 amide bonds. The number of hydrogen-bond donors (Lipinski definition) is 1. The zero-order chi connectivity index (χ0) is 23.8. The molecule has 0 heterocycles. The van der Waals surface area contributed by atoms with Gasteiger partial charge in [0.1, 0.15) is 11.5 Å². The Morgan fingerprint density at radius 2 is 1.58 bits per heavy atom. The minimum Gasteiger partial charge on any atom is -0.497 e. The van der Waals surface area contributed by atoms with Gasteiger partial charge in [-0.15, -0.1) is 0 Å². The fourth-order valence-electron chi connectivity index (χ4n) is 3.55. The van der Waals surface area contributed by atoms with Crippen LogP contribution in [0.15, 0.2) is 72.8 Å². The molecule has 172 valence electrons. The van der Waals surface area contributed by atoms with E-state index in [2.05, 4.69) is 5.32 Å². The van der Waals surface area contributed by atoms with Crippen LogP contribution in [0.1, 0.15) is 40.9 Å². The molecule has 0 aliphatic heterocycles. The third-order valence-electron chi connectivity index (χ3n) is 5.68. The van der Waals surface area contributed by atoms with E-state index >= 15 is 0 Å². The second kappa shape index (κ2) is 11.2. The van der Waals surface area contributed by atoms with Crippen LogP contribution in [0.25, 0.3) is 0 Å². The Balaban J connectivity index is 1.63. The van der Waals surface area contributed by atoms with Gasteiger partial charge < -0.3 is 19.7 Å². The van der Waals surface area contributed by atoms with Crippen molar-refractivity contribution in [1.82, 2.24) is 4.90 Å². The van der Waals surface area contributed by atoms with Crippen LogP contribution in [0.4, 0.5) is 5.69 Å². The molecule has 0 aliphatic carbocycles. The summed E-state index contributed by atoms with van der Waals surface area (Å²) in [5, 5.41) is 2.92. The third-order valence-corrected chi connectivity index (χ3v) is 5.68. The maximum Gasteiger partial charge on any atom is 0.255 e. The van der Waals surface area contributed by atoms with Crippen molar-refractivity contribution in [3.63, 3.8) is 0 Å². The molecule has 6 heteroatoms. The van der Waals surface area contributed by atoms with Gasteiger partial charge in [-0.3, -0.25) is 9.59 Å². The van der Waals surface area contributed by atoms with Gasteiger partial charge in [-0.2, -0.15) is 0 Å². The number of hydrogen-bond acceptors (Lipinski definition) is 4. The molecule has 1 N–H and O–H groups in total. The number of carbonyl (C=O) groups excluding carboxylic acids is 2. The molecule has 0 radical (unpaired) electrons.